The number of alkyl halides is 2. The van der Waals surface area contributed by atoms with Crippen LogP contribution in [0.4, 0.5) is 8.78 Å². The van der Waals surface area contributed by atoms with Gasteiger partial charge in [0.1, 0.15) is 6.54 Å². The number of hydrogen-bond acceptors (Lipinski definition) is 2. The van der Waals surface area contributed by atoms with Gasteiger partial charge in [-0.1, -0.05) is 0 Å². The van der Waals surface area contributed by atoms with Crippen LogP contribution in [0.15, 0.2) is 4.99 Å². The Balaban J connectivity index is 2.41. The molecule has 0 radical (unpaired) electrons. The van der Waals surface area contributed by atoms with E-state index in [1.54, 1.807) is 0 Å². The van der Waals surface area contributed by atoms with Crippen LogP contribution < -0.4 is 0 Å². The SMILES string of the molecule is O=C1CN=CN1CC(F)F. The molecule has 10 heavy (non-hydrogen) atoms. The highest BCUT2D eigenvalue weighted by Crippen LogP contribution is 2.00. The number of aliphatic imine (C=N–C) groups is 1. The maximum absolute atomic E-state index is 11.6. The monoisotopic (exact) mass is 148 g/mol. The number of halogens is 2. The lowest BCUT2D eigenvalue weighted by Gasteiger charge is -2.09. The van der Waals surface area contributed by atoms with Gasteiger partial charge in [-0.2, -0.15) is 0 Å². The molecule has 5 heteroatoms. The molecule has 3 nitrogen and oxygen atoms in total. The molecule has 0 aromatic carbocycles. The van der Waals surface area contributed by atoms with Crippen molar-refractivity contribution in [2.45, 2.75) is 6.43 Å². The Hall–Kier alpha value is -1.00. The van der Waals surface area contributed by atoms with E-state index in [9.17, 15) is 13.6 Å². The van der Waals surface area contributed by atoms with Crippen molar-refractivity contribution < 1.29 is 13.6 Å². The van der Waals surface area contributed by atoms with E-state index in [0.29, 0.717) is 0 Å². The molecular formula is C5H6F2N2O. The Morgan fingerprint density at radius 1 is 1.80 bits per heavy atom. The minimum absolute atomic E-state index is 0.00667. The van der Waals surface area contributed by atoms with Crippen LogP contribution in [0.25, 0.3) is 0 Å². The first-order chi connectivity index (χ1) is 4.70. The van der Waals surface area contributed by atoms with Gasteiger partial charge < -0.3 is 0 Å². The van der Waals surface area contributed by atoms with Gasteiger partial charge in [0.2, 0.25) is 5.91 Å². The third-order valence-electron chi connectivity index (χ3n) is 1.10. The number of amides is 1. The van der Waals surface area contributed by atoms with Crippen molar-refractivity contribution in [3.8, 4) is 0 Å². The van der Waals surface area contributed by atoms with Crippen LogP contribution in [-0.2, 0) is 4.79 Å². The van der Waals surface area contributed by atoms with Crippen LogP contribution in [0.1, 0.15) is 0 Å². The molecule has 1 rings (SSSR count). The summed E-state index contributed by atoms with van der Waals surface area (Å²) in [7, 11) is 0. The number of hydrogen-bond donors (Lipinski definition) is 0. The highest BCUT2D eigenvalue weighted by atomic mass is 19.3. The summed E-state index contributed by atoms with van der Waals surface area (Å²) in [5, 5.41) is 0. The van der Waals surface area contributed by atoms with E-state index in [0.717, 1.165) is 11.2 Å². The van der Waals surface area contributed by atoms with Gasteiger partial charge in [-0.05, 0) is 0 Å². The summed E-state index contributed by atoms with van der Waals surface area (Å²) < 4.78 is 23.2. The molecule has 0 aromatic rings. The summed E-state index contributed by atoms with van der Waals surface area (Å²) in [6.45, 7) is -0.533. The van der Waals surface area contributed by atoms with Gasteiger partial charge in [-0.15, -0.1) is 0 Å². The van der Waals surface area contributed by atoms with Gasteiger partial charge in [-0.3, -0.25) is 14.7 Å². The molecule has 0 bridgehead atoms. The molecule has 1 amide bonds. The second-order valence-corrected chi connectivity index (χ2v) is 1.89. The molecule has 0 saturated heterocycles. The largest absolute Gasteiger partial charge is 0.296 e. The zero-order chi connectivity index (χ0) is 7.56. The minimum atomic E-state index is -2.48. The van der Waals surface area contributed by atoms with Gasteiger partial charge in [0.05, 0.1) is 12.9 Å². The molecule has 0 spiro atoms. The van der Waals surface area contributed by atoms with E-state index < -0.39 is 13.0 Å². The Bertz CT molecular complexity index is 169. The topological polar surface area (TPSA) is 32.7 Å². The number of carbonyl (C=O) groups is 1. The van der Waals surface area contributed by atoms with E-state index in [2.05, 4.69) is 4.99 Å². The summed E-state index contributed by atoms with van der Waals surface area (Å²) >= 11 is 0. The average Bonchev–Trinajstić information content (AvgIpc) is 2.15. The zero-order valence-electron chi connectivity index (χ0n) is 5.13. The molecule has 1 aliphatic heterocycles. The third kappa shape index (κ3) is 1.49. The van der Waals surface area contributed by atoms with Gasteiger partial charge in [0.25, 0.3) is 6.43 Å². The minimum Gasteiger partial charge on any atom is -0.296 e. The van der Waals surface area contributed by atoms with Crippen LogP contribution in [0.2, 0.25) is 0 Å². The van der Waals surface area contributed by atoms with E-state index >= 15 is 0 Å². The molecular weight excluding hydrogens is 142 g/mol. The fraction of sp³-hybridized carbons (Fsp3) is 0.600. The lowest BCUT2D eigenvalue weighted by Crippen LogP contribution is -2.30. The smallest absolute Gasteiger partial charge is 0.256 e. The Labute approximate surface area is 56.3 Å². The predicted molar refractivity (Wildman–Crippen MR) is 31.1 cm³/mol. The highest BCUT2D eigenvalue weighted by molar-refractivity contribution is 5.93. The van der Waals surface area contributed by atoms with Crippen molar-refractivity contribution >= 4 is 12.2 Å². The van der Waals surface area contributed by atoms with E-state index in [1.807, 2.05) is 0 Å². The van der Waals surface area contributed by atoms with Gasteiger partial charge in [0, 0.05) is 0 Å². The van der Waals surface area contributed by atoms with Crippen molar-refractivity contribution in [1.82, 2.24) is 4.90 Å². The van der Waals surface area contributed by atoms with Crippen LogP contribution in [0, 0.1) is 0 Å². The summed E-state index contributed by atoms with van der Waals surface area (Å²) in [5.74, 6) is -0.361. The molecule has 0 N–H and O–H groups in total. The predicted octanol–water partition coefficient (Wildman–Crippen LogP) is 0.122. The molecule has 0 atom stereocenters. The standard InChI is InChI=1S/C5H6F2N2O/c6-4(7)2-9-3-8-1-5(9)10/h3-4H,1-2H2. The fourth-order valence-electron chi connectivity index (χ4n) is 0.670. The first kappa shape index (κ1) is 7.11. The molecule has 0 fully saturated rings. The quantitative estimate of drug-likeness (QED) is 0.547. The van der Waals surface area contributed by atoms with Gasteiger partial charge in [-0.25, -0.2) is 8.78 Å². The lowest BCUT2D eigenvalue weighted by molar-refractivity contribution is -0.125. The summed E-state index contributed by atoms with van der Waals surface area (Å²) in [6, 6.07) is 0. The molecule has 56 valence electrons. The van der Waals surface area contributed by atoms with E-state index in [1.165, 1.54) is 0 Å². The number of nitrogens with zero attached hydrogens (tertiary/aromatic N) is 2. The van der Waals surface area contributed by atoms with Crippen LogP contribution >= 0.6 is 0 Å². The molecule has 0 aliphatic carbocycles. The summed E-state index contributed by atoms with van der Waals surface area (Å²) in [4.78, 5) is 15.0. The maximum Gasteiger partial charge on any atom is 0.256 e. The first-order valence-electron chi connectivity index (χ1n) is 2.77. The van der Waals surface area contributed by atoms with E-state index in [-0.39, 0.29) is 12.5 Å². The molecule has 0 unspecified atom stereocenters. The fourth-order valence-corrected chi connectivity index (χ4v) is 0.670. The molecule has 0 aromatic heterocycles. The Morgan fingerprint density at radius 2 is 2.50 bits per heavy atom. The van der Waals surface area contributed by atoms with Crippen LogP contribution in [0.5, 0.6) is 0 Å². The third-order valence-corrected chi connectivity index (χ3v) is 1.10. The summed E-state index contributed by atoms with van der Waals surface area (Å²) in [6.07, 6.45) is -1.33. The lowest BCUT2D eigenvalue weighted by atomic mass is 10.5. The molecule has 1 heterocycles. The summed E-state index contributed by atoms with van der Waals surface area (Å²) in [5.41, 5.74) is 0. The second-order valence-electron chi connectivity index (χ2n) is 1.89. The second kappa shape index (κ2) is 2.72. The van der Waals surface area contributed by atoms with Crippen LogP contribution in [-0.4, -0.2) is 36.7 Å². The van der Waals surface area contributed by atoms with Crippen molar-refractivity contribution in [2.24, 2.45) is 4.99 Å². The van der Waals surface area contributed by atoms with E-state index in [4.69, 9.17) is 0 Å². The molecule has 1 aliphatic rings. The normalized spacial score (nSPS) is 17.5. The maximum atomic E-state index is 11.6. The highest BCUT2D eigenvalue weighted by Gasteiger charge is 2.19. The number of carbonyl (C=O) groups excluding carboxylic acids is 1. The van der Waals surface area contributed by atoms with Crippen molar-refractivity contribution in [2.75, 3.05) is 13.1 Å². The Kier molecular flexibility index (Phi) is 1.94. The van der Waals surface area contributed by atoms with Gasteiger partial charge in [0.15, 0.2) is 0 Å². The van der Waals surface area contributed by atoms with Crippen molar-refractivity contribution in [1.29, 1.82) is 0 Å². The van der Waals surface area contributed by atoms with Gasteiger partial charge >= 0.3 is 0 Å². The van der Waals surface area contributed by atoms with Crippen molar-refractivity contribution in [3.63, 3.8) is 0 Å². The average molecular weight is 148 g/mol. The Morgan fingerprint density at radius 3 is 2.90 bits per heavy atom. The first-order valence-corrected chi connectivity index (χ1v) is 2.77. The number of rotatable bonds is 2. The zero-order valence-corrected chi connectivity index (χ0v) is 5.13. The molecule has 0 saturated carbocycles. The van der Waals surface area contributed by atoms with Crippen LogP contribution in [0.3, 0.4) is 0 Å². The van der Waals surface area contributed by atoms with Crippen molar-refractivity contribution in [3.05, 3.63) is 0 Å².